The summed E-state index contributed by atoms with van der Waals surface area (Å²) < 4.78 is 4.74. The lowest BCUT2D eigenvalue weighted by molar-refractivity contribution is -0.141. The van der Waals surface area contributed by atoms with Crippen LogP contribution in [0, 0.1) is 0 Å². The van der Waals surface area contributed by atoms with Crippen molar-refractivity contribution >= 4 is 35.2 Å². The molecule has 4 nitrogen and oxygen atoms in total. The van der Waals surface area contributed by atoms with Gasteiger partial charge in [0.15, 0.2) is 0 Å². The summed E-state index contributed by atoms with van der Waals surface area (Å²) >= 11 is 7.31. The molecule has 0 radical (unpaired) electrons. The van der Waals surface area contributed by atoms with Crippen molar-refractivity contribution in [1.29, 1.82) is 0 Å². The Labute approximate surface area is 156 Å². The summed E-state index contributed by atoms with van der Waals surface area (Å²) in [5, 5.41) is 3.28. The number of halogens is 1. The molecular formula is C19H20ClNO3S. The highest BCUT2D eigenvalue weighted by Crippen LogP contribution is 2.26. The van der Waals surface area contributed by atoms with Crippen molar-refractivity contribution in [2.24, 2.45) is 0 Å². The third kappa shape index (κ3) is 6.11. The zero-order valence-electron chi connectivity index (χ0n) is 14.1. The smallest absolute Gasteiger partial charge is 0.307 e. The molecule has 0 aliphatic heterocycles. The van der Waals surface area contributed by atoms with Crippen LogP contribution in [0.25, 0.3) is 0 Å². The van der Waals surface area contributed by atoms with E-state index >= 15 is 0 Å². The summed E-state index contributed by atoms with van der Waals surface area (Å²) in [5.41, 5.74) is 0.866. The Kier molecular flexibility index (Phi) is 7.34. The molecule has 0 unspecified atom stereocenters. The van der Waals surface area contributed by atoms with Gasteiger partial charge in [0, 0.05) is 9.92 Å². The molecule has 0 aromatic heterocycles. The predicted octanol–water partition coefficient (Wildman–Crippen LogP) is 4.24. The van der Waals surface area contributed by atoms with E-state index in [4.69, 9.17) is 16.3 Å². The fourth-order valence-corrected chi connectivity index (χ4v) is 3.25. The molecule has 0 spiro atoms. The second-order valence-electron chi connectivity index (χ2n) is 5.47. The summed E-state index contributed by atoms with van der Waals surface area (Å²) in [5.74, 6) is -0.509. The molecular weight excluding hydrogens is 358 g/mol. The van der Waals surface area contributed by atoms with Crippen molar-refractivity contribution in [3.05, 3.63) is 65.2 Å². The van der Waals surface area contributed by atoms with Crippen LogP contribution in [0.15, 0.2) is 59.5 Å². The van der Waals surface area contributed by atoms with Crippen molar-refractivity contribution in [3.63, 3.8) is 0 Å². The monoisotopic (exact) mass is 377 g/mol. The van der Waals surface area contributed by atoms with Gasteiger partial charge in [0.25, 0.3) is 0 Å². The molecule has 0 saturated heterocycles. The van der Waals surface area contributed by atoms with Gasteiger partial charge in [-0.2, -0.15) is 0 Å². The molecule has 2 aromatic carbocycles. The van der Waals surface area contributed by atoms with E-state index in [1.54, 1.807) is 12.1 Å². The number of carbonyl (C=O) groups is 2. The number of carbonyl (C=O) groups excluding carboxylic acids is 2. The standard InChI is InChI=1S/C19H20ClNO3S/c1-13(25-16-10-8-15(20)9-11-16)19(23)21-17(12-18(22)24-2)14-6-4-3-5-7-14/h3-11,13,17H,12H2,1-2H3,(H,21,23)/t13-,17-/m1/s1. The molecule has 132 valence electrons. The highest BCUT2D eigenvalue weighted by Gasteiger charge is 2.22. The average Bonchev–Trinajstić information content (AvgIpc) is 2.63. The third-order valence-corrected chi connectivity index (χ3v) is 4.98. The molecule has 2 aromatic rings. The molecule has 6 heteroatoms. The van der Waals surface area contributed by atoms with E-state index in [-0.39, 0.29) is 23.5 Å². The van der Waals surface area contributed by atoms with Gasteiger partial charge >= 0.3 is 5.97 Å². The van der Waals surface area contributed by atoms with Gasteiger partial charge in [-0.1, -0.05) is 41.9 Å². The Balaban J connectivity index is 2.04. The molecule has 0 fully saturated rings. The first-order chi connectivity index (χ1) is 12.0. The first-order valence-electron chi connectivity index (χ1n) is 7.84. The molecule has 2 rings (SSSR count). The largest absolute Gasteiger partial charge is 0.469 e. The van der Waals surface area contributed by atoms with Gasteiger partial charge in [-0.15, -0.1) is 11.8 Å². The Morgan fingerprint density at radius 2 is 1.76 bits per heavy atom. The fourth-order valence-electron chi connectivity index (χ4n) is 2.25. The van der Waals surface area contributed by atoms with Crippen molar-refractivity contribution in [3.8, 4) is 0 Å². The molecule has 0 bridgehead atoms. The lowest BCUT2D eigenvalue weighted by atomic mass is 10.0. The lowest BCUT2D eigenvalue weighted by Crippen LogP contribution is -2.35. The average molecular weight is 378 g/mol. The van der Waals surface area contributed by atoms with Crippen molar-refractivity contribution in [2.45, 2.75) is 29.5 Å². The van der Waals surface area contributed by atoms with Gasteiger partial charge in [-0.3, -0.25) is 9.59 Å². The minimum absolute atomic E-state index is 0.0879. The Hall–Kier alpha value is -1.98. The zero-order valence-corrected chi connectivity index (χ0v) is 15.6. The van der Waals surface area contributed by atoms with Gasteiger partial charge in [-0.05, 0) is 36.8 Å². The number of benzene rings is 2. The Bertz CT molecular complexity index is 706. The second kappa shape index (κ2) is 9.49. The maximum Gasteiger partial charge on any atom is 0.307 e. The van der Waals surface area contributed by atoms with Crippen LogP contribution in [0.5, 0.6) is 0 Å². The number of ether oxygens (including phenoxy) is 1. The van der Waals surface area contributed by atoms with Crippen molar-refractivity contribution in [1.82, 2.24) is 5.32 Å². The molecule has 0 saturated carbocycles. The maximum absolute atomic E-state index is 12.6. The first kappa shape index (κ1) is 19.3. The number of methoxy groups -OCH3 is 1. The number of nitrogens with one attached hydrogen (secondary N) is 1. The van der Waals surface area contributed by atoms with Crippen LogP contribution in [-0.4, -0.2) is 24.2 Å². The molecule has 25 heavy (non-hydrogen) atoms. The van der Waals surface area contributed by atoms with Crippen LogP contribution < -0.4 is 5.32 Å². The van der Waals surface area contributed by atoms with E-state index in [0.717, 1.165) is 10.5 Å². The van der Waals surface area contributed by atoms with Gasteiger partial charge in [0.05, 0.1) is 24.8 Å². The van der Waals surface area contributed by atoms with Crippen LogP contribution in [0.3, 0.4) is 0 Å². The number of hydrogen-bond donors (Lipinski definition) is 1. The first-order valence-corrected chi connectivity index (χ1v) is 9.09. The number of esters is 1. The fraction of sp³-hybridized carbons (Fsp3) is 0.263. The van der Waals surface area contributed by atoms with E-state index in [1.165, 1.54) is 18.9 Å². The van der Waals surface area contributed by atoms with E-state index < -0.39 is 6.04 Å². The van der Waals surface area contributed by atoms with E-state index in [9.17, 15) is 9.59 Å². The maximum atomic E-state index is 12.6. The SMILES string of the molecule is COC(=O)C[C@@H](NC(=O)[C@@H](C)Sc1ccc(Cl)cc1)c1ccccc1. The molecule has 1 amide bonds. The van der Waals surface area contributed by atoms with Crippen LogP contribution in [0.1, 0.15) is 24.9 Å². The number of rotatable bonds is 7. The third-order valence-electron chi connectivity index (χ3n) is 3.61. The molecule has 0 aliphatic carbocycles. The van der Waals surface area contributed by atoms with E-state index in [0.29, 0.717) is 5.02 Å². The van der Waals surface area contributed by atoms with E-state index in [1.807, 2.05) is 49.4 Å². The number of hydrogen-bond acceptors (Lipinski definition) is 4. The summed E-state index contributed by atoms with van der Waals surface area (Å²) in [6, 6.07) is 16.3. The molecule has 2 atom stereocenters. The molecule has 0 aliphatic rings. The van der Waals surface area contributed by atoms with Gasteiger partial charge < -0.3 is 10.1 Å². The quantitative estimate of drug-likeness (QED) is 0.579. The minimum atomic E-state index is -0.422. The van der Waals surface area contributed by atoms with Crippen molar-refractivity contribution < 1.29 is 14.3 Å². The van der Waals surface area contributed by atoms with E-state index in [2.05, 4.69) is 5.32 Å². The summed E-state index contributed by atoms with van der Waals surface area (Å²) in [6.07, 6.45) is 0.0879. The predicted molar refractivity (Wildman–Crippen MR) is 101 cm³/mol. The summed E-state index contributed by atoms with van der Waals surface area (Å²) in [6.45, 7) is 1.83. The van der Waals surface area contributed by atoms with Crippen LogP contribution in [-0.2, 0) is 14.3 Å². The van der Waals surface area contributed by atoms with Gasteiger partial charge in [-0.25, -0.2) is 0 Å². The van der Waals surface area contributed by atoms with Crippen LogP contribution in [0.2, 0.25) is 5.02 Å². The zero-order chi connectivity index (χ0) is 18.2. The summed E-state index contributed by atoms with van der Waals surface area (Å²) in [4.78, 5) is 25.2. The topological polar surface area (TPSA) is 55.4 Å². The lowest BCUT2D eigenvalue weighted by Gasteiger charge is -2.20. The highest BCUT2D eigenvalue weighted by molar-refractivity contribution is 8.00. The Morgan fingerprint density at radius 1 is 1.12 bits per heavy atom. The summed E-state index contributed by atoms with van der Waals surface area (Å²) in [7, 11) is 1.34. The number of thioether (sulfide) groups is 1. The van der Waals surface area contributed by atoms with Crippen LogP contribution >= 0.6 is 23.4 Å². The minimum Gasteiger partial charge on any atom is -0.469 e. The van der Waals surface area contributed by atoms with Crippen molar-refractivity contribution in [2.75, 3.05) is 7.11 Å². The highest BCUT2D eigenvalue weighted by atomic mass is 35.5. The normalized spacial score (nSPS) is 12.9. The van der Waals surface area contributed by atoms with Crippen LogP contribution in [0.4, 0.5) is 0 Å². The van der Waals surface area contributed by atoms with Gasteiger partial charge in [0.1, 0.15) is 0 Å². The van der Waals surface area contributed by atoms with Gasteiger partial charge in [0.2, 0.25) is 5.91 Å². The molecule has 0 heterocycles. The Morgan fingerprint density at radius 3 is 2.36 bits per heavy atom. The number of amides is 1. The second-order valence-corrected chi connectivity index (χ2v) is 7.32. The molecule has 1 N–H and O–H groups in total.